The van der Waals surface area contributed by atoms with Gasteiger partial charge in [0.2, 0.25) is 0 Å². The number of ether oxygens (including phenoxy) is 1. The molecular weight excluding hydrogens is 224 g/mol. The van der Waals surface area contributed by atoms with Crippen LogP contribution in [0.2, 0.25) is 0 Å². The van der Waals surface area contributed by atoms with Crippen molar-refractivity contribution in [3.8, 4) is 5.75 Å². The molecule has 0 radical (unpaired) electrons. The van der Waals surface area contributed by atoms with Crippen molar-refractivity contribution < 1.29 is 4.74 Å². The number of piperidine rings is 1. The first kappa shape index (κ1) is 13.4. The summed E-state index contributed by atoms with van der Waals surface area (Å²) in [7, 11) is 1.72. The highest BCUT2D eigenvalue weighted by Crippen LogP contribution is 2.18. The zero-order valence-corrected chi connectivity index (χ0v) is 11.3. The Balaban J connectivity index is 1.89. The quantitative estimate of drug-likeness (QED) is 0.866. The van der Waals surface area contributed by atoms with Gasteiger partial charge >= 0.3 is 0 Å². The molecule has 0 aliphatic carbocycles. The summed E-state index contributed by atoms with van der Waals surface area (Å²) in [6, 6.07) is 8.94. The van der Waals surface area contributed by atoms with Crippen LogP contribution in [-0.4, -0.2) is 37.7 Å². The fourth-order valence-corrected chi connectivity index (χ4v) is 2.72. The van der Waals surface area contributed by atoms with E-state index in [9.17, 15) is 0 Å². The standard InChI is InChI=1S/C15H24N2O/c1-18-15-7-4-5-13(11-15)8-10-17-9-3-2-6-14(17)12-16/h4-5,7,11,14H,2-3,6,8-10,12,16H2,1H3. The molecule has 0 spiro atoms. The molecule has 1 aliphatic heterocycles. The smallest absolute Gasteiger partial charge is 0.119 e. The molecule has 0 bridgehead atoms. The molecule has 1 unspecified atom stereocenters. The number of likely N-dealkylation sites (tertiary alicyclic amines) is 1. The highest BCUT2D eigenvalue weighted by Gasteiger charge is 2.20. The highest BCUT2D eigenvalue weighted by molar-refractivity contribution is 5.28. The minimum absolute atomic E-state index is 0.587. The summed E-state index contributed by atoms with van der Waals surface area (Å²) < 4.78 is 5.26. The second-order valence-electron chi connectivity index (χ2n) is 5.02. The van der Waals surface area contributed by atoms with E-state index in [1.807, 2.05) is 6.07 Å². The zero-order chi connectivity index (χ0) is 12.8. The van der Waals surface area contributed by atoms with Gasteiger partial charge in [0.1, 0.15) is 5.75 Å². The first-order valence-corrected chi connectivity index (χ1v) is 6.90. The van der Waals surface area contributed by atoms with Gasteiger partial charge < -0.3 is 10.5 Å². The lowest BCUT2D eigenvalue weighted by Crippen LogP contribution is -2.44. The van der Waals surface area contributed by atoms with Crippen molar-refractivity contribution in [2.45, 2.75) is 31.7 Å². The Kier molecular flexibility index (Phi) is 5.02. The summed E-state index contributed by atoms with van der Waals surface area (Å²) in [4.78, 5) is 2.54. The van der Waals surface area contributed by atoms with Crippen molar-refractivity contribution in [1.29, 1.82) is 0 Å². The molecule has 0 amide bonds. The van der Waals surface area contributed by atoms with Gasteiger partial charge in [-0.3, -0.25) is 4.90 Å². The summed E-state index contributed by atoms with van der Waals surface area (Å²) in [6.07, 6.45) is 4.98. The van der Waals surface area contributed by atoms with E-state index in [4.69, 9.17) is 10.5 Å². The zero-order valence-electron chi connectivity index (χ0n) is 11.3. The number of methoxy groups -OCH3 is 1. The van der Waals surface area contributed by atoms with E-state index < -0.39 is 0 Å². The normalized spacial score (nSPS) is 20.9. The molecule has 1 aromatic carbocycles. The van der Waals surface area contributed by atoms with Crippen LogP contribution in [0, 0.1) is 0 Å². The second-order valence-corrected chi connectivity index (χ2v) is 5.02. The number of nitrogens with zero attached hydrogens (tertiary/aromatic N) is 1. The Morgan fingerprint density at radius 2 is 2.28 bits per heavy atom. The maximum absolute atomic E-state index is 5.85. The predicted molar refractivity (Wildman–Crippen MR) is 75.0 cm³/mol. The van der Waals surface area contributed by atoms with Crippen molar-refractivity contribution in [3.05, 3.63) is 29.8 Å². The van der Waals surface area contributed by atoms with Crippen molar-refractivity contribution in [1.82, 2.24) is 4.90 Å². The highest BCUT2D eigenvalue weighted by atomic mass is 16.5. The Labute approximate surface area is 110 Å². The van der Waals surface area contributed by atoms with Crippen LogP contribution >= 0.6 is 0 Å². The summed E-state index contributed by atoms with van der Waals surface area (Å²) in [6.45, 7) is 3.10. The molecule has 1 heterocycles. The lowest BCUT2D eigenvalue weighted by Gasteiger charge is -2.35. The Morgan fingerprint density at radius 1 is 1.39 bits per heavy atom. The van der Waals surface area contributed by atoms with E-state index in [1.54, 1.807) is 7.11 Å². The molecule has 3 heteroatoms. The van der Waals surface area contributed by atoms with Gasteiger partial charge in [0.05, 0.1) is 7.11 Å². The molecule has 1 atom stereocenters. The molecule has 100 valence electrons. The van der Waals surface area contributed by atoms with Gasteiger partial charge in [0.15, 0.2) is 0 Å². The molecule has 0 saturated carbocycles. The SMILES string of the molecule is COc1cccc(CCN2CCCCC2CN)c1. The van der Waals surface area contributed by atoms with E-state index in [0.29, 0.717) is 6.04 Å². The first-order valence-electron chi connectivity index (χ1n) is 6.90. The molecule has 2 rings (SSSR count). The second kappa shape index (κ2) is 6.76. The number of hydrogen-bond acceptors (Lipinski definition) is 3. The number of nitrogens with two attached hydrogens (primary N) is 1. The summed E-state index contributed by atoms with van der Waals surface area (Å²) in [5, 5.41) is 0. The lowest BCUT2D eigenvalue weighted by molar-refractivity contribution is 0.155. The van der Waals surface area contributed by atoms with Crippen LogP contribution in [0.25, 0.3) is 0 Å². The molecule has 1 aromatic rings. The van der Waals surface area contributed by atoms with Crippen LogP contribution in [-0.2, 0) is 6.42 Å². The number of rotatable bonds is 5. The Bertz CT molecular complexity index is 367. The largest absolute Gasteiger partial charge is 0.497 e. The molecule has 1 aliphatic rings. The molecule has 0 aromatic heterocycles. The van der Waals surface area contributed by atoms with Gasteiger partial charge in [-0.15, -0.1) is 0 Å². The van der Waals surface area contributed by atoms with Crippen LogP contribution in [0.1, 0.15) is 24.8 Å². The maximum atomic E-state index is 5.85. The number of benzene rings is 1. The van der Waals surface area contributed by atoms with Gasteiger partial charge in [0.25, 0.3) is 0 Å². The fraction of sp³-hybridized carbons (Fsp3) is 0.600. The van der Waals surface area contributed by atoms with E-state index >= 15 is 0 Å². The van der Waals surface area contributed by atoms with E-state index in [1.165, 1.54) is 31.4 Å². The van der Waals surface area contributed by atoms with Gasteiger partial charge in [0, 0.05) is 19.1 Å². The lowest BCUT2D eigenvalue weighted by atomic mass is 10.0. The van der Waals surface area contributed by atoms with E-state index in [-0.39, 0.29) is 0 Å². The Morgan fingerprint density at radius 3 is 3.06 bits per heavy atom. The van der Waals surface area contributed by atoms with Gasteiger partial charge in [-0.2, -0.15) is 0 Å². The molecule has 3 nitrogen and oxygen atoms in total. The average molecular weight is 248 g/mol. The Hall–Kier alpha value is -1.06. The van der Waals surface area contributed by atoms with Gasteiger partial charge in [-0.05, 0) is 43.5 Å². The third kappa shape index (κ3) is 3.47. The third-order valence-corrected chi connectivity index (χ3v) is 3.84. The average Bonchev–Trinajstić information content (AvgIpc) is 2.45. The topological polar surface area (TPSA) is 38.5 Å². The van der Waals surface area contributed by atoms with Gasteiger partial charge in [-0.1, -0.05) is 18.6 Å². The minimum atomic E-state index is 0.587. The van der Waals surface area contributed by atoms with Crippen LogP contribution in [0.4, 0.5) is 0 Å². The van der Waals surface area contributed by atoms with E-state index in [0.717, 1.165) is 25.3 Å². The van der Waals surface area contributed by atoms with Crippen LogP contribution in [0.5, 0.6) is 5.75 Å². The van der Waals surface area contributed by atoms with Crippen molar-refractivity contribution in [2.24, 2.45) is 5.73 Å². The van der Waals surface area contributed by atoms with Crippen molar-refractivity contribution in [2.75, 3.05) is 26.7 Å². The first-order chi connectivity index (χ1) is 8.83. The minimum Gasteiger partial charge on any atom is -0.497 e. The molecule has 2 N–H and O–H groups in total. The third-order valence-electron chi connectivity index (χ3n) is 3.84. The van der Waals surface area contributed by atoms with Crippen molar-refractivity contribution in [3.63, 3.8) is 0 Å². The van der Waals surface area contributed by atoms with Crippen LogP contribution in [0.3, 0.4) is 0 Å². The van der Waals surface area contributed by atoms with Crippen LogP contribution < -0.4 is 10.5 Å². The molecule has 1 fully saturated rings. The molecule has 1 saturated heterocycles. The summed E-state index contributed by atoms with van der Waals surface area (Å²) >= 11 is 0. The van der Waals surface area contributed by atoms with E-state index in [2.05, 4.69) is 23.1 Å². The molecule has 18 heavy (non-hydrogen) atoms. The fourth-order valence-electron chi connectivity index (χ4n) is 2.72. The maximum Gasteiger partial charge on any atom is 0.119 e. The van der Waals surface area contributed by atoms with Crippen molar-refractivity contribution >= 4 is 0 Å². The number of hydrogen-bond donors (Lipinski definition) is 1. The summed E-state index contributed by atoms with van der Waals surface area (Å²) in [5.41, 5.74) is 7.19. The summed E-state index contributed by atoms with van der Waals surface area (Å²) in [5.74, 6) is 0.946. The van der Waals surface area contributed by atoms with Gasteiger partial charge in [-0.25, -0.2) is 0 Å². The molecular formula is C15H24N2O. The monoisotopic (exact) mass is 248 g/mol. The predicted octanol–water partition coefficient (Wildman–Crippen LogP) is 2.05. The van der Waals surface area contributed by atoms with Crippen LogP contribution in [0.15, 0.2) is 24.3 Å².